The Balaban J connectivity index is 1.06. The van der Waals surface area contributed by atoms with E-state index >= 15 is 0 Å². The van der Waals surface area contributed by atoms with Crippen LogP contribution in [0.2, 0.25) is 0 Å². The Morgan fingerprint density at radius 1 is 0.391 bits per heavy atom. The molecule has 2 atom stereocenters. The summed E-state index contributed by atoms with van der Waals surface area (Å²) in [7, 11) is 0. The van der Waals surface area contributed by atoms with Gasteiger partial charge in [-0.2, -0.15) is 0 Å². The Hall–Kier alpha value is -7.16. The molecule has 69 heavy (non-hydrogen) atoms. The third kappa shape index (κ3) is 6.17. The van der Waals surface area contributed by atoms with Crippen LogP contribution in [-0.4, -0.2) is 0 Å². The topological polar surface area (TPSA) is 6.48 Å². The molecule has 0 saturated heterocycles. The summed E-state index contributed by atoms with van der Waals surface area (Å²) < 4.78 is 0. The summed E-state index contributed by atoms with van der Waals surface area (Å²) in [6.45, 7) is 25.8. The Kier molecular flexibility index (Phi) is 9.48. The van der Waals surface area contributed by atoms with Crippen molar-refractivity contribution >= 4 is 55.7 Å². The first kappa shape index (κ1) is 43.1. The van der Waals surface area contributed by atoms with Gasteiger partial charge in [0.05, 0.1) is 11.4 Å². The van der Waals surface area contributed by atoms with Crippen molar-refractivity contribution in [1.82, 2.24) is 0 Å². The van der Waals surface area contributed by atoms with Crippen molar-refractivity contribution in [2.75, 3.05) is 9.80 Å². The van der Waals surface area contributed by atoms with Gasteiger partial charge in [-0.25, -0.2) is 0 Å². The zero-order valence-corrected chi connectivity index (χ0v) is 42.1. The van der Waals surface area contributed by atoms with Gasteiger partial charge in [0.1, 0.15) is 0 Å². The summed E-state index contributed by atoms with van der Waals surface area (Å²) in [5.74, 6) is 0.192. The number of rotatable bonds is 6. The molecule has 0 heterocycles. The van der Waals surface area contributed by atoms with E-state index in [1.807, 2.05) is 0 Å². The molecule has 0 spiro atoms. The molecule has 12 rings (SSSR count). The number of hydrogen-bond donors (Lipinski definition) is 0. The van der Waals surface area contributed by atoms with Gasteiger partial charge in [0.15, 0.2) is 0 Å². The maximum Gasteiger partial charge on any atom is 0.0543 e. The van der Waals surface area contributed by atoms with Crippen LogP contribution in [0.1, 0.15) is 101 Å². The predicted octanol–water partition coefficient (Wildman–Crippen LogP) is 18.0. The highest BCUT2D eigenvalue weighted by Crippen LogP contribution is 2.64. The van der Waals surface area contributed by atoms with Gasteiger partial charge in [-0.15, -0.1) is 0 Å². The lowest BCUT2D eigenvalue weighted by atomic mass is 9.61. The number of benzene rings is 9. The quantitative estimate of drug-likeness (QED) is 0.164. The lowest BCUT2D eigenvalue weighted by Crippen LogP contribution is -2.40. The minimum Gasteiger partial charge on any atom is -0.310 e. The van der Waals surface area contributed by atoms with Crippen molar-refractivity contribution < 1.29 is 0 Å². The van der Waals surface area contributed by atoms with Gasteiger partial charge in [-0.3, -0.25) is 0 Å². The fourth-order valence-electron chi connectivity index (χ4n) is 13.5. The molecular weight excluding hydrogens is 833 g/mol. The molecule has 0 radical (unpaired) electrons. The fourth-order valence-corrected chi connectivity index (χ4v) is 13.5. The van der Waals surface area contributed by atoms with Crippen molar-refractivity contribution in [2.24, 2.45) is 5.92 Å². The van der Waals surface area contributed by atoms with Crippen LogP contribution >= 0.6 is 0 Å². The van der Waals surface area contributed by atoms with Crippen molar-refractivity contribution in [1.29, 1.82) is 0 Å². The molecule has 0 fully saturated rings. The first-order valence-electron chi connectivity index (χ1n) is 25.0. The SMILES string of the molecule is Cc1ccc(N(C2=CC3C(C)(C)c4c(ccc5c6c(ccc45)-c4c(cc(N(c5ccc(C)cc5)c5ccc(C)cc5C)c5ccccc45)C6(C)C)C3(C)c3ccccc32)c2ccc(C)cc2C)cc1. The van der Waals surface area contributed by atoms with E-state index < -0.39 is 0 Å². The Labute approximate surface area is 409 Å². The second-order valence-electron chi connectivity index (χ2n) is 22.0. The highest BCUT2D eigenvalue weighted by molar-refractivity contribution is 6.13. The predicted molar refractivity (Wildman–Crippen MR) is 295 cm³/mol. The number of aryl methyl sites for hydroxylation is 6. The second-order valence-corrected chi connectivity index (χ2v) is 22.0. The molecule has 0 amide bonds. The van der Waals surface area contributed by atoms with Gasteiger partial charge in [0.25, 0.3) is 0 Å². The zero-order chi connectivity index (χ0) is 47.9. The van der Waals surface area contributed by atoms with Crippen LogP contribution in [0.3, 0.4) is 0 Å². The van der Waals surface area contributed by atoms with E-state index in [0.717, 1.165) is 0 Å². The molecule has 9 aromatic carbocycles. The van der Waals surface area contributed by atoms with Gasteiger partial charge in [-0.05, 0) is 156 Å². The Morgan fingerprint density at radius 2 is 0.928 bits per heavy atom. The molecule has 2 unspecified atom stereocenters. The van der Waals surface area contributed by atoms with Gasteiger partial charge >= 0.3 is 0 Å². The monoisotopic (exact) mass is 894 g/mol. The van der Waals surface area contributed by atoms with E-state index in [4.69, 9.17) is 0 Å². The normalized spacial score (nSPS) is 18.0. The summed E-state index contributed by atoms with van der Waals surface area (Å²) in [5.41, 5.74) is 25.3. The lowest BCUT2D eigenvalue weighted by Gasteiger charge is -2.44. The highest BCUT2D eigenvalue weighted by atomic mass is 15.2. The standard InChI is InChI=1S/C67H62N2/c1-40-20-26-46(27-21-40)68(57-34-24-42(3)36-44(57)5)59-38-56-62(49-17-13-12-16-48(49)59)53-31-30-51-50(63(53)65(56,7)8)32-33-55-64(51)66(9,10)61-39-60(52-18-14-15-19-54(52)67(55,61)11)69(47-28-22-41(2)23-29-47)58-35-25-43(4)37-45(58)6/h12-39,61H,1-11H3. The number of allylic oxidation sites excluding steroid dienone is 1. The third-order valence-corrected chi connectivity index (χ3v) is 16.7. The Bertz CT molecular complexity index is 3640. The van der Waals surface area contributed by atoms with Crippen molar-refractivity contribution in [3.63, 3.8) is 0 Å². The van der Waals surface area contributed by atoms with Crippen LogP contribution in [-0.2, 0) is 16.2 Å². The van der Waals surface area contributed by atoms with E-state index in [1.165, 1.54) is 134 Å². The van der Waals surface area contributed by atoms with Crippen molar-refractivity contribution in [2.45, 2.75) is 92.4 Å². The largest absolute Gasteiger partial charge is 0.310 e. The zero-order valence-electron chi connectivity index (χ0n) is 42.1. The van der Waals surface area contributed by atoms with E-state index in [-0.39, 0.29) is 22.2 Å². The maximum absolute atomic E-state index is 2.66. The third-order valence-electron chi connectivity index (χ3n) is 16.7. The number of fused-ring (bicyclic) bond motifs is 13. The van der Waals surface area contributed by atoms with E-state index in [0.29, 0.717) is 0 Å². The van der Waals surface area contributed by atoms with Crippen LogP contribution in [0.25, 0.3) is 38.4 Å². The molecule has 9 aromatic rings. The number of hydrogen-bond acceptors (Lipinski definition) is 2. The minimum absolute atomic E-state index is 0.192. The van der Waals surface area contributed by atoms with Crippen molar-refractivity contribution in [3.8, 4) is 11.1 Å². The Morgan fingerprint density at radius 3 is 1.57 bits per heavy atom. The van der Waals surface area contributed by atoms with E-state index in [2.05, 4.69) is 256 Å². The fraction of sp³-hybridized carbons (Fsp3) is 0.224. The smallest absolute Gasteiger partial charge is 0.0543 e. The first-order valence-corrected chi connectivity index (χ1v) is 25.0. The second kappa shape index (κ2) is 15.2. The molecule has 3 aliphatic carbocycles. The molecule has 340 valence electrons. The molecule has 0 bridgehead atoms. The lowest BCUT2D eigenvalue weighted by molar-refractivity contribution is 0.316. The minimum atomic E-state index is -0.280. The van der Waals surface area contributed by atoms with Crippen LogP contribution in [0.15, 0.2) is 170 Å². The molecule has 2 heteroatoms. The van der Waals surface area contributed by atoms with E-state index in [9.17, 15) is 0 Å². The molecule has 0 N–H and O–H groups in total. The van der Waals surface area contributed by atoms with Gasteiger partial charge in [0, 0.05) is 50.4 Å². The number of nitrogens with zero attached hydrogens (tertiary/aromatic N) is 2. The molecule has 2 nitrogen and oxygen atoms in total. The van der Waals surface area contributed by atoms with Crippen LogP contribution in [0.4, 0.5) is 28.4 Å². The number of anilines is 5. The van der Waals surface area contributed by atoms with Crippen molar-refractivity contribution in [3.05, 3.63) is 237 Å². The molecule has 0 aliphatic heterocycles. The molecule has 0 saturated carbocycles. The van der Waals surface area contributed by atoms with Crippen LogP contribution in [0, 0.1) is 47.5 Å². The van der Waals surface area contributed by atoms with E-state index in [1.54, 1.807) is 0 Å². The summed E-state index contributed by atoms with van der Waals surface area (Å²) in [6.07, 6.45) is 2.66. The molecule has 3 aliphatic rings. The summed E-state index contributed by atoms with van der Waals surface area (Å²) >= 11 is 0. The average molecular weight is 895 g/mol. The maximum atomic E-state index is 2.66. The summed E-state index contributed by atoms with van der Waals surface area (Å²) in [4.78, 5) is 5.04. The molecule has 0 aromatic heterocycles. The van der Waals surface area contributed by atoms with Gasteiger partial charge < -0.3 is 9.80 Å². The van der Waals surface area contributed by atoms with Gasteiger partial charge in [0.2, 0.25) is 0 Å². The first-order chi connectivity index (χ1) is 33.1. The van der Waals surface area contributed by atoms with Crippen LogP contribution < -0.4 is 9.80 Å². The van der Waals surface area contributed by atoms with Gasteiger partial charge in [-0.1, -0.05) is 184 Å². The highest BCUT2D eigenvalue weighted by Gasteiger charge is 2.57. The summed E-state index contributed by atoms with van der Waals surface area (Å²) in [5, 5.41) is 5.31. The molecular formula is C67H62N2. The summed E-state index contributed by atoms with van der Waals surface area (Å²) in [6, 6.07) is 62.8. The van der Waals surface area contributed by atoms with Crippen LogP contribution in [0.5, 0.6) is 0 Å². The average Bonchev–Trinajstić information content (AvgIpc) is 3.68.